The van der Waals surface area contributed by atoms with Crippen LogP contribution in [0.1, 0.15) is 56.7 Å². The summed E-state index contributed by atoms with van der Waals surface area (Å²) in [7, 11) is 0. The van der Waals surface area contributed by atoms with Crippen molar-refractivity contribution in [3.05, 3.63) is 104 Å². The Bertz CT molecular complexity index is 1330. The summed E-state index contributed by atoms with van der Waals surface area (Å²) in [4.78, 5) is 30.5. The number of ketones is 1. The van der Waals surface area contributed by atoms with E-state index in [1.807, 2.05) is 24.3 Å². The molecule has 1 amide bonds. The van der Waals surface area contributed by atoms with E-state index in [1.165, 1.54) is 0 Å². The number of nitrogens with one attached hydrogen (secondary N) is 1. The van der Waals surface area contributed by atoms with Crippen LogP contribution in [0.2, 0.25) is 10.0 Å². The molecule has 3 aromatic carbocycles. The van der Waals surface area contributed by atoms with Gasteiger partial charge in [-0.05, 0) is 84.1 Å². The van der Waals surface area contributed by atoms with Crippen molar-refractivity contribution in [3.63, 3.8) is 0 Å². The van der Waals surface area contributed by atoms with E-state index in [0.717, 1.165) is 36.0 Å². The van der Waals surface area contributed by atoms with Gasteiger partial charge in [0.15, 0.2) is 12.1 Å². The van der Waals surface area contributed by atoms with Crippen LogP contribution < -0.4 is 10.2 Å². The molecule has 5 rings (SSSR count). The molecule has 0 bridgehead atoms. The molecule has 2 aliphatic rings. The SMILES string of the molecule is O=C(NOC1CCCCO1)c1ccc(COc2ccc3c(c2)C/C(=C\c2cc(Cl)cc(Cl)c2)C3=O)cc1. The Kier molecular flexibility index (Phi) is 7.91. The minimum Gasteiger partial charge on any atom is -0.489 e. The maximum atomic E-state index is 12.9. The third-order valence-electron chi connectivity index (χ3n) is 6.26. The molecule has 1 saturated heterocycles. The molecule has 0 saturated carbocycles. The number of halogens is 2. The lowest BCUT2D eigenvalue weighted by molar-refractivity contribution is -0.186. The van der Waals surface area contributed by atoms with Crippen LogP contribution in [0.15, 0.2) is 66.2 Å². The lowest BCUT2D eigenvalue weighted by atomic mass is 10.1. The molecule has 1 atom stereocenters. The summed E-state index contributed by atoms with van der Waals surface area (Å²) < 4.78 is 11.4. The lowest BCUT2D eigenvalue weighted by Crippen LogP contribution is -2.33. The van der Waals surface area contributed by atoms with Gasteiger partial charge < -0.3 is 9.47 Å². The van der Waals surface area contributed by atoms with Gasteiger partial charge in [0, 0.05) is 46.2 Å². The Morgan fingerprint density at radius 1 is 1.03 bits per heavy atom. The van der Waals surface area contributed by atoms with Crippen molar-refractivity contribution in [1.29, 1.82) is 0 Å². The topological polar surface area (TPSA) is 73.9 Å². The number of Topliss-reactive ketones (excluding diaryl/α,β-unsaturated/α-hetero) is 1. The normalized spacial score (nSPS) is 18.1. The summed E-state index contributed by atoms with van der Waals surface area (Å²) in [6.45, 7) is 0.969. The second-order valence-corrected chi connectivity index (χ2v) is 9.90. The molecular weight excluding hydrogens is 513 g/mol. The monoisotopic (exact) mass is 537 g/mol. The minimum atomic E-state index is -0.394. The van der Waals surface area contributed by atoms with Crippen LogP contribution in [-0.4, -0.2) is 24.6 Å². The van der Waals surface area contributed by atoms with Gasteiger partial charge in [0.2, 0.25) is 0 Å². The predicted octanol–water partition coefficient (Wildman–Crippen LogP) is 6.58. The highest BCUT2D eigenvalue weighted by atomic mass is 35.5. The van der Waals surface area contributed by atoms with Crippen molar-refractivity contribution >= 4 is 41.0 Å². The van der Waals surface area contributed by atoms with E-state index < -0.39 is 6.29 Å². The maximum Gasteiger partial charge on any atom is 0.274 e. The quantitative estimate of drug-likeness (QED) is 0.272. The molecule has 0 aromatic heterocycles. The van der Waals surface area contributed by atoms with Crippen LogP contribution in [0.5, 0.6) is 5.75 Å². The fourth-order valence-electron chi connectivity index (χ4n) is 4.36. The van der Waals surface area contributed by atoms with Gasteiger partial charge in [0.1, 0.15) is 12.4 Å². The zero-order valence-electron chi connectivity index (χ0n) is 20.0. The van der Waals surface area contributed by atoms with E-state index >= 15 is 0 Å². The van der Waals surface area contributed by atoms with E-state index in [-0.39, 0.29) is 11.7 Å². The van der Waals surface area contributed by atoms with Gasteiger partial charge in [-0.15, -0.1) is 0 Å². The second-order valence-electron chi connectivity index (χ2n) is 9.03. The van der Waals surface area contributed by atoms with Gasteiger partial charge in [-0.3, -0.25) is 9.59 Å². The molecule has 0 radical (unpaired) electrons. The third kappa shape index (κ3) is 6.40. The molecule has 1 unspecified atom stereocenters. The van der Waals surface area contributed by atoms with E-state index in [4.69, 9.17) is 37.5 Å². The van der Waals surface area contributed by atoms with Gasteiger partial charge in [-0.2, -0.15) is 0 Å². The number of hydrogen-bond acceptors (Lipinski definition) is 5. The molecule has 1 aliphatic carbocycles. The van der Waals surface area contributed by atoms with Gasteiger partial charge >= 0.3 is 0 Å². The van der Waals surface area contributed by atoms with E-state index in [2.05, 4.69) is 5.48 Å². The molecule has 6 nitrogen and oxygen atoms in total. The highest BCUT2D eigenvalue weighted by Gasteiger charge is 2.25. The van der Waals surface area contributed by atoms with Crippen LogP contribution >= 0.6 is 23.2 Å². The van der Waals surface area contributed by atoms with Gasteiger partial charge in [-0.25, -0.2) is 10.3 Å². The number of amides is 1. The van der Waals surface area contributed by atoms with E-state index in [0.29, 0.717) is 52.1 Å². The maximum absolute atomic E-state index is 12.9. The Hall–Kier alpha value is -3.16. The first-order valence-corrected chi connectivity index (χ1v) is 12.8. The number of carbonyl (C=O) groups is 2. The average molecular weight is 538 g/mol. The van der Waals surface area contributed by atoms with Crippen LogP contribution in [0, 0.1) is 0 Å². The molecule has 1 heterocycles. The Morgan fingerprint density at radius 3 is 2.54 bits per heavy atom. The molecule has 190 valence electrons. The Balaban J connectivity index is 1.17. The number of allylic oxidation sites excluding steroid dienone is 1. The minimum absolute atomic E-state index is 0.00876. The fourth-order valence-corrected chi connectivity index (χ4v) is 4.91. The molecular formula is C29H25Cl2NO5. The molecule has 3 aromatic rings. The number of fused-ring (bicyclic) bond motifs is 1. The van der Waals surface area contributed by atoms with Crippen LogP contribution in [0.3, 0.4) is 0 Å². The fraction of sp³-hybridized carbons (Fsp3) is 0.241. The number of hydroxylamine groups is 1. The smallest absolute Gasteiger partial charge is 0.274 e. The highest BCUT2D eigenvalue weighted by Crippen LogP contribution is 2.32. The van der Waals surface area contributed by atoms with Crippen molar-refractivity contribution in [2.45, 2.75) is 38.6 Å². The van der Waals surface area contributed by atoms with Crippen molar-refractivity contribution < 1.29 is 23.9 Å². The van der Waals surface area contributed by atoms with Gasteiger partial charge in [0.25, 0.3) is 5.91 Å². The van der Waals surface area contributed by atoms with Gasteiger partial charge in [-0.1, -0.05) is 35.3 Å². The summed E-state index contributed by atoms with van der Waals surface area (Å²) in [5, 5.41) is 1.04. The number of carbonyl (C=O) groups excluding carboxylic acids is 2. The first-order valence-electron chi connectivity index (χ1n) is 12.1. The zero-order valence-corrected chi connectivity index (χ0v) is 21.5. The summed E-state index contributed by atoms with van der Waals surface area (Å²) in [6.07, 6.45) is 4.74. The largest absolute Gasteiger partial charge is 0.489 e. The highest BCUT2D eigenvalue weighted by molar-refractivity contribution is 6.34. The van der Waals surface area contributed by atoms with Gasteiger partial charge in [0.05, 0.1) is 0 Å². The Labute approximate surface area is 225 Å². The summed E-state index contributed by atoms with van der Waals surface area (Å²) >= 11 is 12.2. The molecule has 1 aliphatic heterocycles. The lowest BCUT2D eigenvalue weighted by Gasteiger charge is -2.22. The van der Waals surface area contributed by atoms with Crippen molar-refractivity contribution in [3.8, 4) is 5.75 Å². The third-order valence-corrected chi connectivity index (χ3v) is 6.70. The second kappa shape index (κ2) is 11.5. The number of rotatable bonds is 7. The molecule has 37 heavy (non-hydrogen) atoms. The van der Waals surface area contributed by atoms with Crippen molar-refractivity contribution in [2.24, 2.45) is 0 Å². The van der Waals surface area contributed by atoms with Crippen LogP contribution in [-0.2, 0) is 22.6 Å². The number of ether oxygens (including phenoxy) is 2. The van der Waals surface area contributed by atoms with Crippen molar-refractivity contribution in [1.82, 2.24) is 5.48 Å². The van der Waals surface area contributed by atoms with Crippen LogP contribution in [0.25, 0.3) is 6.08 Å². The first-order chi connectivity index (χ1) is 17.9. The van der Waals surface area contributed by atoms with Crippen LogP contribution in [0.4, 0.5) is 0 Å². The summed E-state index contributed by atoms with van der Waals surface area (Å²) in [5.41, 5.74) is 6.89. The average Bonchev–Trinajstić information content (AvgIpc) is 3.20. The molecule has 1 fully saturated rings. The standard InChI is InChI=1S/C29H25Cl2NO5/c30-23-12-19(13-24(31)16-23)11-22-14-21-15-25(8-9-26(21)28(22)33)36-17-18-4-6-20(7-5-18)29(34)32-37-27-3-1-2-10-35-27/h4-9,11-13,15-16,27H,1-3,10,14,17H2,(H,32,34)/b22-11+. The van der Waals surface area contributed by atoms with E-state index in [9.17, 15) is 9.59 Å². The number of hydrogen-bond donors (Lipinski definition) is 1. The Morgan fingerprint density at radius 2 is 1.81 bits per heavy atom. The number of benzene rings is 3. The predicted molar refractivity (Wildman–Crippen MR) is 142 cm³/mol. The zero-order chi connectivity index (χ0) is 25.8. The molecule has 8 heteroatoms. The first kappa shape index (κ1) is 25.5. The van der Waals surface area contributed by atoms with Crippen molar-refractivity contribution in [2.75, 3.05) is 6.61 Å². The summed E-state index contributed by atoms with van der Waals surface area (Å²) in [5.74, 6) is 0.334. The molecule has 1 N–H and O–H groups in total. The van der Waals surface area contributed by atoms with E-state index in [1.54, 1.807) is 42.5 Å². The molecule has 0 spiro atoms. The summed E-state index contributed by atoms with van der Waals surface area (Å²) in [6, 6.07) is 17.8.